The number of nitrogen functional groups attached to an aromatic ring is 1. The lowest BCUT2D eigenvalue weighted by Gasteiger charge is -1.98. The van der Waals surface area contributed by atoms with Crippen molar-refractivity contribution in [1.29, 1.82) is 0 Å². The van der Waals surface area contributed by atoms with Gasteiger partial charge in [-0.25, -0.2) is 4.98 Å². The Morgan fingerprint density at radius 2 is 2.13 bits per heavy atom. The first kappa shape index (κ1) is 10.4. The molecule has 2 aromatic rings. The topological polar surface area (TPSA) is 69.6 Å². The van der Waals surface area contributed by atoms with Gasteiger partial charge in [0, 0.05) is 7.05 Å². The molecule has 15 heavy (non-hydrogen) atoms. The number of hydrogen-bond donors (Lipinski definition) is 1. The molecule has 2 heterocycles. The van der Waals surface area contributed by atoms with Crippen molar-refractivity contribution < 1.29 is 0 Å². The fourth-order valence-electron chi connectivity index (χ4n) is 1.18. The third-order valence-electron chi connectivity index (χ3n) is 1.91. The molecule has 80 valence electrons. The number of rotatable bonds is 2. The molecular formula is C8H11N5S2. The zero-order valence-electron chi connectivity index (χ0n) is 8.68. The van der Waals surface area contributed by atoms with Crippen LogP contribution in [0.5, 0.6) is 0 Å². The summed E-state index contributed by atoms with van der Waals surface area (Å²) in [4.78, 5) is 4.27. The van der Waals surface area contributed by atoms with E-state index in [2.05, 4.69) is 14.5 Å². The molecule has 0 unspecified atom stereocenters. The maximum absolute atomic E-state index is 5.91. The van der Waals surface area contributed by atoms with Crippen molar-refractivity contribution in [3.8, 4) is 0 Å². The minimum atomic E-state index is 0.718. The Balaban J connectivity index is 2.31. The monoisotopic (exact) mass is 241 g/mol. The molecular weight excluding hydrogens is 230 g/mol. The van der Waals surface area contributed by atoms with E-state index in [1.54, 1.807) is 4.68 Å². The molecule has 7 heteroatoms. The van der Waals surface area contributed by atoms with Crippen LogP contribution in [-0.4, -0.2) is 19.1 Å². The summed E-state index contributed by atoms with van der Waals surface area (Å²) in [6, 6.07) is 0. The van der Waals surface area contributed by atoms with Gasteiger partial charge in [-0.1, -0.05) is 0 Å². The van der Waals surface area contributed by atoms with E-state index in [-0.39, 0.29) is 0 Å². The third kappa shape index (κ3) is 1.98. The Morgan fingerprint density at radius 1 is 1.40 bits per heavy atom. The molecule has 2 N–H and O–H groups in total. The van der Waals surface area contributed by atoms with Crippen molar-refractivity contribution >= 4 is 29.0 Å². The van der Waals surface area contributed by atoms with Gasteiger partial charge in [0.2, 0.25) is 0 Å². The van der Waals surface area contributed by atoms with Crippen LogP contribution in [0.2, 0.25) is 0 Å². The molecule has 0 aromatic carbocycles. The van der Waals surface area contributed by atoms with Crippen LogP contribution in [0.4, 0.5) is 5.69 Å². The van der Waals surface area contributed by atoms with Gasteiger partial charge in [0.1, 0.15) is 10.9 Å². The standard InChI is InChI=1S/C8H11N5S2/c1-4-6(9)7(13(3)11-4)14-8-10-5(2)12-15-8/h9H2,1-3H3. The van der Waals surface area contributed by atoms with Crippen LogP contribution in [0.1, 0.15) is 11.5 Å². The van der Waals surface area contributed by atoms with E-state index < -0.39 is 0 Å². The van der Waals surface area contributed by atoms with E-state index in [1.807, 2.05) is 20.9 Å². The minimum Gasteiger partial charge on any atom is -0.395 e. The van der Waals surface area contributed by atoms with Gasteiger partial charge in [-0.2, -0.15) is 9.47 Å². The summed E-state index contributed by atoms with van der Waals surface area (Å²) < 4.78 is 6.78. The van der Waals surface area contributed by atoms with Gasteiger partial charge >= 0.3 is 0 Å². The highest BCUT2D eigenvalue weighted by atomic mass is 32.2. The fraction of sp³-hybridized carbons (Fsp3) is 0.375. The van der Waals surface area contributed by atoms with Crippen molar-refractivity contribution in [1.82, 2.24) is 19.1 Å². The van der Waals surface area contributed by atoms with Crippen LogP contribution < -0.4 is 5.73 Å². The molecule has 0 aliphatic carbocycles. The van der Waals surface area contributed by atoms with E-state index in [1.165, 1.54) is 23.3 Å². The van der Waals surface area contributed by atoms with Crippen LogP contribution in [0.3, 0.4) is 0 Å². The first-order valence-corrected chi connectivity index (χ1v) is 5.94. The molecule has 0 saturated heterocycles. The maximum atomic E-state index is 5.91. The summed E-state index contributed by atoms with van der Waals surface area (Å²) in [6.07, 6.45) is 0. The molecule has 0 aliphatic rings. The molecule has 0 saturated carbocycles. The van der Waals surface area contributed by atoms with Crippen LogP contribution in [0, 0.1) is 13.8 Å². The highest BCUT2D eigenvalue weighted by Crippen LogP contribution is 2.33. The first-order chi connectivity index (χ1) is 7.08. The summed E-state index contributed by atoms with van der Waals surface area (Å²) in [5.74, 6) is 0.792. The predicted molar refractivity (Wildman–Crippen MR) is 61.1 cm³/mol. The highest BCUT2D eigenvalue weighted by molar-refractivity contribution is 8.01. The molecule has 0 amide bonds. The molecule has 0 atom stereocenters. The average molecular weight is 241 g/mol. The van der Waals surface area contributed by atoms with Crippen molar-refractivity contribution in [2.24, 2.45) is 7.05 Å². The van der Waals surface area contributed by atoms with E-state index in [4.69, 9.17) is 5.73 Å². The van der Waals surface area contributed by atoms with Crippen LogP contribution in [0.15, 0.2) is 9.37 Å². The maximum Gasteiger partial charge on any atom is 0.176 e. The lowest BCUT2D eigenvalue weighted by molar-refractivity contribution is 0.693. The molecule has 0 radical (unpaired) electrons. The second-order valence-corrected chi connectivity index (χ2v) is 5.13. The van der Waals surface area contributed by atoms with Gasteiger partial charge in [-0.3, -0.25) is 4.68 Å². The Bertz CT molecular complexity index is 487. The molecule has 2 aromatic heterocycles. The second-order valence-electron chi connectivity index (χ2n) is 3.14. The molecule has 0 bridgehead atoms. The molecule has 5 nitrogen and oxygen atoms in total. The largest absolute Gasteiger partial charge is 0.395 e. The Morgan fingerprint density at radius 3 is 2.60 bits per heavy atom. The van der Waals surface area contributed by atoms with Gasteiger partial charge in [0.25, 0.3) is 0 Å². The number of aromatic nitrogens is 4. The summed E-state index contributed by atoms with van der Waals surface area (Å²) >= 11 is 2.88. The quantitative estimate of drug-likeness (QED) is 0.865. The Hall–Kier alpha value is -1.08. The zero-order valence-corrected chi connectivity index (χ0v) is 10.3. The zero-order chi connectivity index (χ0) is 11.0. The SMILES string of the molecule is Cc1nsc(Sc2c(N)c(C)nn2C)n1. The van der Waals surface area contributed by atoms with Crippen LogP contribution >= 0.6 is 23.3 Å². The highest BCUT2D eigenvalue weighted by Gasteiger charge is 2.13. The summed E-state index contributed by atoms with van der Waals surface area (Å²) in [5.41, 5.74) is 7.48. The normalized spacial score (nSPS) is 10.9. The first-order valence-electron chi connectivity index (χ1n) is 4.35. The minimum absolute atomic E-state index is 0.718. The van der Waals surface area contributed by atoms with E-state index in [0.29, 0.717) is 0 Å². The number of nitrogens with zero attached hydrogens (tertiary/aromatic N) is 4. The van der Waals surface area contributed by atoms with E-state index in [0.717, 1.165) is 26.6 Å². The predicted octanol–water partition coefficient (Wildman–Crippen LogP) is 1.62. The van der Waals surface area contributed by atoms with Crippen molar-refractivity contribution in [2.45, 2.75) is 23.2 Å². The van der Waals surface area contributed by atoms with Crippen LogP contribution in [-0.2, 0) is 7.05 Å². The number of nitrogens with two attached hydrogens (primary N) is 1. The summed E-state index contributed by atoms with van der Waals surface area (Å²) in [7, 11) is 1.87. The van der Waals surface area contributed by atoms with Gasteiger partial charge in [0.15, 0.2) is 4.34 Å². The summed E-state index contributed by atoms with van der Waals surface area (Å²) in [6.45, 7) is 3.77. The summed E-state index contributed by atoms with van der Waals surface area (Å²) in [5, 5.41) is 5.16. The van der Waals surface area contributed by atoms with Gasteiger partial charge < -0.3 is 5.73 Å². The molecule has 2 rings (SSSR count). The number of hydrogen-bond acceptors (Lipinski definition) is 6. The molecule has 0 aliphatic heterocycles. The second kappa shape index (κ2) is 3.82. The lowest BCUT2D eigenvalue weighted by Crippen LogP contribution is -1.93. The number of aryl methyl sites for hydroxylation is 3. The Labute approximate surface area is 95.9 Å². The Kier molecular flexibility index (Phi) is 2.66. The van der Waals surface area contributed by atoms with Crippen LogP contribution in [0.25, 0.3) is 0 Å². The van der Waals surface area contributed by atoms with E-state index >= 15 is 0 Å². The smallest absolute Gasteiger partial charge is 0.176 e. The molecule has 0 spiro atoms. The van der Waals surface area contributed by atoms with Crippen molar-refractivity contribution in [2.75, 3.05) is 5.73 Å². The number of anilines is 1. The lowest BCUT2D eigenvalue weighted by atomic mass is 10.4. The third-order valence-corrected chi connectivity index (χ3v) is 3.93. The average Bonchev–Trinajstić information content (AvgIpc) is 2.67. The molecule has 0 fully saturated rings. The van der Waals surface area contributed by atoms with Gasteiger partial charge in [0.05, 0.1) is 11.4 Å². The van der Waals surface area contributed by atoms with Crippen molar-refractivity contribution in [3.63, 3.8) is 0 Å². The van der Waals surface area contributed by atoms with Gasteiger partial charge in [-0.05, 0) is 37.1 Å². The van der Waals surface area contributed by atoms with E-state index in [9.17, 15) is 0 Å². The van der Waals surface area contributed by atoms with Crippen molar-refractivity contribution in [3.05, 3.63) is 11.5 Å². The fourth-order valence-corrected chi connectivity index (χ4v) is 2.87. The van der Waals surface area contributed by atoms with Gasteiger partial charge in [-0.15, -0.1) is 0 Å².